The molecule has 0 spiro atoms. The Balaban J connectivity index is 1.55. The van der Waals surface area contributed by atoms with E-state index in [0.29, 0.717) is 10.8 Å². The fraction of sp³-hybridized carbons (Fsp3) is 0.471. The summed E-state index contributed by atoms with van der Waals surface area (Å²) in [6.45, 7) is 2.00. The van der Waals surface area contributed by atoms with Crippen LogP contribution in [0.5, 0.6) is 0 Å². The standard InChI is InChI=1S/C17H21N3OS/c1-2-15-16(22-20-19-15)17(21)18-14-10-8-13(9-11-14)12-6-4-3-5-7-12/h3-7,13-14H,2,8-11H2,1H3,(H,18,21). The smallest absolute Gasteiger partial charge is 0.265 e. The van der Waals surface area contributed by atoms with Crippen LogP contribution in [-0.2, 0) is 6.42 Å². The highest BCUT2D eigenvalue weighted by Gasteiger charge is 2.25. The van der Waals surface area contributed by atoms with E-state index in [1.54, 1.807) is 0 Å². The maximum absolute atomic E-state index is 12.3. The van der Waals surface area contributed by atoms with Crippen LogP contribution in [0.25, 0.3) is 0 Å². The van der Waals surface area contributed by atoms with Crippen LogP contribution in [0.1, 0.15) is 59.5 Å². The first-order chi connectivity index (χ1) is 10.8. The van der Waals surface area contributed by atoms with Crippen LogP contribution in [0.3, 0.4) is 0 Å². The van der Waals surface area contributed by atoms with Gasteiger partial charge in [0.1, 0.15) is 4.88 Å². The molecule has 1 aliphatic carbocycles. The summed E-state index contributed by atoms with van der Waals surface area (Å²) in [6.07, 6.45) is 5.10. The summed E-state index contributed by atoms with van der Waals surface area (Å²) in [5.74, 6) is 0.626. The molecule has 5 heteroatoms. The highest BCUT2D eigenvalue weighted by molar-refractivity contribution is 7.08. The minimum atomic E-state index is -0.00462. The molecule has 2 aromatic rings. The average molecular weight is 315 g/mol. The Morgan fingerprint density at radius 3 is 2.64 bits per heavy atom. The maximum atomic E-state index is 12.3. The molecule has 3 rings (SSSR count). The molecular weight excluding hydrogens is 294 g/mol. The zero-order valence-corrected chi connectivity index (χ0v) is 13.6. The zero-order valence-electron chi connectivity index (χ0n) is 12.8. The Labute approximate surface area is 135 Å². The third-order valence-electron chi connectivity index (χ3n) is 4.43. The SMILES string of the molecule is CCc1nnsc1C(=O)NC1CCC(c2ccccc2)CC1. The number of rotatable bonds is 4. The van der Waals surface area contributed by atoms with Crippen molar-refractivity contribution in [1.82, 2.24) is 14.9 Å². The average Bonchev–Trinajstić information content (AvgIpc) is 3.05. The van der Waals surface area contributed by atoms with E-state index in [2.05, 4.69) is 45.2 Å². The second-order valence-electron chi connectivity index (χ2n) is 5.84. The summed E-state index contributed by atoms with van der Waals surface area (Å²) in [7, 11) is 0. The zero-order chi connectivity index (χ0) is 15.4. The number of aromatic nitrogens is 2. The lowest BCUT2D eigenvalue weighted by molar-refractivity contribution is 0.0929. The predicted octanol–water partition coefficient (Wildman–Crippen LogP) is 3.56. The predicted molar refractivity (Wildman–Crippen MR) is 88.2 cm³/mol. The summed E-state index contributed by atoms with van der Waals surface area (Å²) in [4.78, 5) is 13.0. The van der Waals surface area contributed by atoms with Crippen molar-refractivity contribution in [2.75, 3.05) is 0 Å². The van der Waals surface area contributed by atoms with Crippen LogP contribution < -0.4 is 5.32 Å². The van der Waals surface area contributed by atoms with Crippen LogP contribution in [0.2, 0.25) is 0 Å². The second kappa shape index (κ2) is 7.01. The number of aryl methyl sites for hydroxylation is 1. The molecule has 1 N–H and O–H groups in total. The minimum absolute atomic E-state index is 0.00462. The number of carbonyl (C=O) groups is 1. The minimum Gasteiger partial charge on any atom is -0.349 e. The van der Waals surface area contributed by atoms with E-state index in [1.165, 1.54) is 17.1 Å². The Kier molecular flexibility index (Phi) is 4.83. The fourth-order valence-electron chi connectivity index (χ4n) is 3.16. The third-order valence-corrected chi connectivity index (χ3v) is 5.20. The molecule has 1 aromatic heterocycles. The Morgan fingerprint density at radius 2 is 1.95 bits per heavy atom. The first-order valence-corrected chi connectivity index (χ1v) is 8.72. The third kappa shape index (κ3) is 3.35. The second-order valence-corrected chi connectivity index (χ2v) is 6.59. The van der Waals surface area contributed by atoms with Gasteiger partial charge in [0.05, 0.1) is 5.69 Å². The van der Waals surface area contributed by atoms with Gasteiger partial charge in [-0.3, -0.25) is 4.79 Å². The molecule has 1 amide bonds. The topological polar surface area (TPSA) is 54.9 Å². The largest absolute Gasteiger partial charge is 0.349 e. The Bertz CT molecular complexity index is 618. The molecule has 0 atom stereocenters. The van der Waals surface area contributed by atoms with Gasteiger partial charge in [0.2, 0.25) is 0 Å². The first kappa shape index (κ1) is 15.2. The van der Waals surface area contributed by atoms with Crippen LogP contribution >= 0.6 is 11.5 Å². The van der Waals surface area contributed by atoms with Crippen molar-refractivity contribution in [2.24, 2.45) is 0 Å². The molecule has 0 unspecified atom stereocenters. The van der Waals surface area contributed by atoms with Gasteiger partial charge in [-0.2, -0.15) is 0 Å². The molecule has 0 bridgehead atoms. The monoisotopic (exact) mass is 315 g/mol. The van der Waals surface area contributed by atoms with Crippen molar-refractivity contribution in [2.45, 2.75) is 51.0 Å². The van der Waals surface area contributed by atoms with Crippen molar-refractivity contribution in [3.05, 3.63) is 46.5 Å². The lowest BCUT2D eigenvalue weighted by atomic mass is 9.82. The Morgan fingerprint density at radius 1 is 1.23 bits per heavy atom. The van der Waals surface area contributed by atoms with Crippen molar-refractivity contribution >= 4 is 17.4 Å². The molecule has 0 radical (unpaired) electrons. The van der Waals surface area contributed by atoms with Gasteiger partial charge >= 0.3 is 0 Å². The molecule has 1 fully saturated rings. The van der Waals surface area contributed by atoms with Crippen molar-refractivity contribution in [3.63, 3.8) is 0 Å². The molecule has 1 aliphatic rings. The molecule has 4 nitrogen and oxygen atoms in total. The quantitative estimate of drug-likeness (QED) is 0.938. The molecule has 1 aromatic carbocycles. The van der Waals surface area contributed by atoms with Gasteiger partial charge in [0.15, 0.2) is 0 Å². The number of carbonyl (C=O) groups excluding carboxylic acids is 1. The van der Waals surface area contributed by atoms with Crippen LogP contribution in [0.4, 0.5) is 0 Å². The molecule has 1 saturated carbocycles. The van der Waals surface area contributed by atoms with Crippen LogP contribution in [0.15, 0.2) is 30.3 Å². The van der Waals surface area contributed by atoms with Crippen molar-refractivity contribution in [3.8, 4) is 0 Å². The normalized spacial score (nSPS) is 21.5. The molecule has 0 aliphatic heterocycles. The van der Waals surface area contributed by atoms with Gasteiger partial charge in [-0.25, -0.2) is 0 Å². The van der Waals surface area contributed by atoms with Gasteiger partial charge < -0.3 is 5.32 Å². The number of nitrogens with one attached hydrogen (secondary N) is 1. The van der Waals surface area contributed by atoms with Crippen LogP contribution in [-0.4, -0.2) is 21.5 Å². The first-order valence-electron chi connectivity index (χ1n) is 7.95. The fourth-order valence-corrected chi connectivity index (χ4v) is 3.81. The van der Waals surface area contributed by atoms with Gasteiger partial charge in [-0.15, -0.1) is 5.10 Å². The van der Waals surface area contributed by atoms with E-state index in [1.807, 2.05) is 6.92 Å². The van der Waals surface area contributed by atoms with Crippen molar-refractivity contribution in [1.29, 1.82) is 0 Å². The summed E-state index contributed by atoms with van der Waals surface area (Å²) in [5.41, 5.74) is 2.23. The van der Waals surface area contributed by atoms with E-state index < -0.39 is 0 Å². The van der Waals surface area contributed by atoms with Crippen molar-refractivity contribution < 1.29 is 4.79 Å². The van der Waals surface area contributed by atoms with Gasteiger partial charge in [-0.05, 0) is 55.1 Å². The molecular formula is C17H21N3OS. The highest BCUT2D eigenvalue weighted by Crippen LogP contribution is 2.32. The summed E-state index contributed by atoms with van der Waals surface area (Å²) >= 11 is 1.20. The lowest BCUT2D eigenvalue weighted by Crippen LogP contribution is -2.37. The molecule has 1 heterocycles. The number of hydrogen-bond acceptors (Lipinski definition) is 4. The van der Waals surface area contributed by atoms with Gasteiger partial charge in [0.25, 0.3) is 5.91 Å². The summed E-state index contributed by atoms with van der Waals surface area (Å²) < 4.78 is 3.89. The number of hydrogen-bond donors (Lipinski definition) is 1. The van der Waals surface area contributed by atoms with Gasteiger partial charge in [0, 0.05) is 6.04 Å². The lowest BCUT2D eigenvalue weighted by Gasteiger charge is -2.29. The summed E-state index contributed by atoms with van der Waals surface area (Å²) in [6, 6.07) is 11.0. The molecule has 0 saturated heterocycles. The van der Waals surface area contributed by atoms with E-state index in [4.69, 9.17) is 0 Å². The Hall–Kier alpha value is -1.75. The van der Waals surface area contributed by atoms with E-state index >= 15 is 0 Å². The van der Waals surface area contributed by atoms with E-state index in [0.717, 1.165) is 37.8 Å². The molecule has 22 heavy (non-hydrogen) atoms. The summed E-state index contributed by atoms with van der Waals surface area (Å²) in [5, 5.41) is 7.17. The van der Waals surface area contributed by atoms with Gasteiger partial charge in [-0.1, -0.05) is 41.7 Å². The number of benzene rings is 1. The van der Waals surface area contributed by atoms with E-state index in [-0.39, 0.29) is 11.9 Å². The highest BCUT2D eigenvalue weighted by atomic mass is 32.1. The number of nitrogens with zero attached hydrogens (tertiary/aromatic N) is 2. The number of amides is 1. The molecule has 116 valence electrons. The van der Waals surface area contributed by atoms with E-state index in [9.17, 15) is 4.79 Å². The maximum Gasteiger partial charge on any atom is 0.265 e. The van der Waals surface area contributed by atoms with Crippen LogP contribution in [0, 0.1) is 0 Å².